The number of ether oxygens (including phenoxy) is 1. The van der Waals surface area contributed by atoms with Gasteiger partial charge in [-0.25, -0.2) is 4.39 Å². The van der Waals surface area contributed by atoms with E-state index in [2.05, 4.69) is 18.0 Å². The van der Waals surface area contributed by atoms with Gasteiger partial charge in [-0.15, -0.1) is 0 Å². The number of nitrogens with zero attached hydrogens (tertiary/aromatic N) is 3. The molecule has 2 heterocycles. The van der Waals surface area contributed by atoms with Crippen LogP contribution in [-0.2, 0) is 24.4 Å². The zero-order valence-electron chi connectivity index (χ0n) is 14.8. The highest BCUT2D eigenvalue weighted by Gasteiger charge is 2.29. The molecular weight excluding hydrogens is 317 g/mol. The Labute approximate surface area is 148 Å². The summed E-state index contributed by atoms with van der Waals surface area (Å²) in [6, 6.07) is 6.82. The van der Waals surface area contributed by atoms with E-state index in [1.54, 1.807) is 0 Å². The number of benzene rings is 1. The van der Waals surface area contributed by atoms with Crippen molar-refractivity contribution < 1.29 is 9.13 Å². The summed E-state index contributed by atoms with van der Waals surface area (Å²) in [6.45, 7) is 7.30. The average molecular weight is 343 g/mol. The van der Waals surface area contributed by atoms with E-state index in [1.165, 1.54) is 36.2 Å². The predicted octanol–water partition coefficient (Wildman–Crippen LogP) is 3.57. The lowest BCUT2D eigenvalue weighted by atomic mass is 9.97. The standard InChI is InChI=1S/C20H26FN3O/c1-2-24-12-17-10-23(9-15-5-7-19(21)8-6-15)11-18(20(17)22-24)14-25-13-16-3-4-16/h5-8,12,16,18H,2-4,9-11,13-14H2,1H3/t18-/m0/s1. The lowest BCUT2D eigenvalue weighted by Crippen LogP contribution is -2.35. The number of aromatic nitrogens is 2. The van der Waals surface area contributed by atoms with Crippen LogP contribution < -0.4 is 0 Å². The van der Waals surface area contributed by atoms with E-state index in [-0.39, 0.29) is 5.82 Å². The van der Waals surface area contributed by atoms with Crippen molar-refractivity contribution in [3.63, 3.8) is 0 Å². The predicted molar refractivity (Wildman–Crippen MR) is 94.7 cm³/mol. The van der Waals surface area contributed by atoms with Crippen molar-refractivity contribution in [3.05, 3.63) is 53.1 Å². The summed E-state index contributed by atoms with van der Waals surface area (Å²) in [5, 5.41) is 4.78. The molecule has 1 aliphatic heterocycles. The Morgan fingerprint density at radius 2 is 2.00 bits per heavy atom. The lowest BCUT2D eigenvalue weighted by Gasteiger charge is -2.32. The van der Waals surface area contributed by atoms with Crippen molar-refractivity contribution in [1.82, 2.24) is 14.7 Å². The number of hydrogen-bond acceptors (Lipinski definition) is 3. The molecule has 134 valence electrons. The summed E-state index contributed by atoms with van der Waals surface area (Å²) < 4.78 is 21.1. The third kappa shape index (κ3) is 4.10. The Kier molecular flexibility index (Phi) is 4.86. The minimum absolute atomic E-state index is 0.180. The quantitative estimate of drug-likeness (QED) is 0.770. The molecular formula is C20H26FN3O. The van der Waals surface area contributed by atoms with Gasteiger partial charge in [-0.3, -0.25) is 9.58 Å². The molecule has 0 saturated heterocycles. The summed E-state index contributed by atoms with van der Waals surface area (Å²) in [7, 11) is 0. The first-order chi connectivity index (χ1) is 12.2. The van der Waals surface area contributed by atoms with Gasteiger partial charge in [0.15, 0.2) is 0 Å². The highest BCUT2D eigenvalue weighted by molar-refractivity contribution is 5.25. The third-order valence-electron chi connectivity index (χ3n) is 5.14. The van der Waals surface area contributed by atoms with Crippen LogP contribution in [-0.4, -0.2) is 34.4 Å². The summed E-state index contributed by atoms with van der Waals surface area (Å²) >= 11 is 0. The summed E-state index contributed by atoms with van der Waals surface area (Å²) in [4.78, 5) is 2.42. The number of halogens is 1. The lowest BCUT2D eigenvalue weighted by molar-refractivity contribution is 0.0881. The van der Waals surface area contributed by atoms with Gasteiger partial charge < -0.3 is 4.74 Å². The minimum Gasteiger partial charge on any atom is -0.380 e. The first-order valence-corrected chi connectivity index (χ1v) is 9.32. The largest absolute Gasteiger partial charge is 0.380 e. The molecule has 4 nitrogen and oxygen atoms in total. The van der Waals surface area contributed by atoms with E-state index in [0.717, 1.165) is 50.9 Å². The molecule has 1 fully saturated rings. The van der Waals surface area contributed by atoms with Crippen LogP contribution in [0.4, 0.5) is 4.39 Å². The molecule has 5 heteroatoms. The smallest absolute Gasteiger partial charge is 0.123 e. The van der Waals surface area contributed by atoms with Gasteiger partial charge in [-0.1, -0.05) is 12.1 Å². The molecule has 2 aliphatic rings. The summed E-state index contributed by atoms with van der Waals surface area (Å²) in [5.74, 6) is 0.919. The number of rotatable bonds is 7. The van der Waals surface area contributed by atoms with Crippen molar-refractivity contribution >= 4 is 0 Å². The van der Waals surface area contributed by atoms with Crippen LogP contribution in [0.2, 0.25) is 0 Å². The van der Waals surface area contributed by atoms with E-state index in [1.807, 2.05) is 16.8 Å². The Bertz CT molecular complexity index is 708. The molecule has 0 bridgehead atoms. The summed E-state index contributed by atoms with van der Waals surface area (Å²) in [6.07, 6.45) is 4.80. The van der Waals surface area contributed by atoms with Crippen molar-refractivity contribution in [2.45, 2.75) is 45.3 Å². The molecule has 0 radical (unpaired) electrons. The first-order valence-electron chi connectivity index (χ1n) is 9.32. The van der Waals surface area contributed by atoms with Gasteiger partial charge in [0, 0.05) is 50.5 Å². The van der Waals surface area contributed by atoms with Crippen molar-refractivity contribution in [2.75, 3.05) is 19.8 Å². The minimum atomic E-state index is -0.180. The highest BCUT2D eigenvalue weighted by Crippen LogP contribution is 2.31. The zero-order chi connectivity index (χ0) is 17.2. The topological polar surface area (TPSA) is 30.3 Å². The molecule has 0 unspecified atom stereocenters. The molecule has 1 aliphatic carbocycles. The highest BCUT2D eigenvalue weighted by atomic mass is 19.1. The van der Waals surface area contributed by atoms with Gasteiger partial charge in [0.25, 0.3) is 0 Å². The molecule has 2 aromatic rings. The van der Waals surface area contributed by atoms with Gasteiger partial charge in [-0.05, 0) is 43.4 Å². The van der Waals surface area contributed by atoms with Gasteiger partial charge in [0.05, 0.1) is 12.3 Å². The van der Waals surface area contributed by atoms with Gasteiger partial charge in [-0.2, -0.15) is 5.10 Å². The molecule has 1 atom stereocenters. The molecule has 1 saturated carbocycles. The van der Waals surface area contributed by atoms with E-state index < -0.39 is 0 Å². The zero-order valence-corrected chi connectivity index (χ0v) is 14.8. The van der Waals surface area contributed by atoms with Gasteiger partial charge >= 0.3 is 0 Å². The molecule has 0 N–H and O–H groups in total. The van der Waals surface area contributed by atoms with E-state index in [9.17, 15) is 4.39 Å². The number of aryl methyl sites for hydroxylation is 1. The van der Waals surface area contributed by atoms with Crippen LogP contribution >= 0.6 is 0 Å². The SMILES string of the molecule is CCn1cc2c(n1)[C@H](COCC1CC1)CN(Cc1ccc(F)cc1)C2. The van der Waals surface area contributed by atoms with Gasteiger partial charge in [0.2, 0.25) is 0 Å². The monoisotopic (exact) mass is 343 g/mol. The van der Waals surface area contributed by atoms with E-state index in [0.29, 0.717) is 5.92 Å². The molecule has 0 amide bonds. The number of fused-ring (bicyclic) bond motifs is 1. The van der Waals surface area contributed by atoms with Crippen LogP contribution in [0.25, 0.3) is 0 Å². The normalized spacial score (nSPS) is 20.6. The van der Waals surface area contributed by atoms with Crippen LogP contribution in [0.15, 0.2) is 30.5 Å². The third-order valence-corrected chi connectivity index (χ3v) is 5.14. The van der Waals surface area contributed by atoms with Crippen LogP contribution in [0, 0.1) is 11.7 Å². The van der Waals surface area contributed by atoms with Gasteiger partial charge in [0.1, 0.15) is 5.82 Å². The van der Waals surface area contributed by atoms with E-state index in [4.69, 9.17) is 9.84 Å². The molecule has 25 heavy (non-hydrogen) atoms. The molecule has 0 spiro atoms. The second-order valence-electron chi connectivity index (χ2n) is 7.37. The first kappa shape index (κ1) is 16.7. The number of hydrogen-bond donors (Lipinski definition) is 0. The molecule has 1 aromatic heterocycles. The maximum Gasteiger partial charge on any atom is 0.123 e. The van der Waals surface area contributed by atoms with Crippen LogP contribution in [0.1, 0.15) is 42.5 Å². The van der Waals surface area contributed by atoms with Crippen molar-refractivity contribution in [1.29, 1.82) is 0 Å². The average Bonchev–Trinajstić information content (AvgIpc) is 3.33. The molecule has 1 aromatic carbocycles. The van der Waals surface area contributed by atoms with Crippen molar-refractivity contribution in [3.8, 4) is 0 Å². The Morgan fingerprint density at radius 1 is 1.20 bits per heavy atom. The van der Waals surface area contributed by atoms with Crippen LogP contribution in [0.5, 0.6) is 0 Å². The fraction of sp³-hybridized carbons (Fsp3) is 0.550. The molecule has 4 rings (SSSR count). The Morgan fingerprint density at radius 3 is 2.72 bits per heavy atom. The Hall–Kier alpha value is -1.72. The van der Waals surface area contributed by atoms with Crippen molar-refractivity contribution in [2.24, 2.45) is 5.92 Å². The maximum atomic E-state index is 13.1. The second-order valence-corrected chi connectivity index (χ2v) is 7.37. The maximum absolute atomic E-state index is 13.1. The fourth-order valence-corrected chi connectivity index (χ4v) is 3.57. The van der Waals surface area contributed by atoms with Crippen LogP contribution in [0.3, 0.4) is 0 Å². The Balaban J connectivity index is 1.46. The summed E-state index contributed by atoms with van der Waals surface area (Å²) in [5.41, 5.74) is 3.65. The van der Waals surface area contributed by atoms with E-state index >= 15 is 0 Å². The second kappa shape index (κ2) is 7.26. The fourth-order valence-electron chi connectivity index (χ4n) is 3.57.